The molecule has 0 heterocycles. The number of amides is 1. The monoisotopic (exact) mass is 244 g/mol. The Bertz CT molecular complexity index is 422. The molecule has 1 aromatic rings. The second kappa shape index (κ2) is 5.32. The Morgan fingerprint density at radius 3 is 2.88 bits per heavy atom. The number of nitro benzene ring substituents is 1. The van der Waals surface area contributed by atoms with Crippen molar-refractivity contribution in [3.63, 3.8) is 0 Å². The van der Waals surface area contributed by atoms with Crippen LogP contribution in [0, 0.1) is 10.1 Å². The molecule has 0 unspecified atom stereocenters. The molecule has 0 spiro atoms. The first-order valence-electron chi connectivity index (χ1n) is 4.32. The number of halogens is 1. The lowest BCUT2D eigenvalue weighted by Gasteiger charge is -2.05. The lowest BCUT2D eigenvalue weighted by Crippen LogP contribution is -2.25. The van der Waals surface area contributed by atoms with E-state index in [1.54, 1.807) is 0 Å². The zero-order valence-corrected chi connectivity index (χ0v) is 9.15. The predicted molar refractivity (Wildman–Crippen MR) is 57.7 cm³/mol. The summed E-state index contributed by atoms with van der Waals surface area (Å²) < 4.78 is 4.99. The van der Waals surface area contributed by atoms with Gasteiger partial charge in [-0.05, 0) is 12.1 Å². The summed E-state index contributed by atoms with van der Waals surface area (Å²) in [6.07, 6.45) is 0. The average Bonchev–Trinajstić information content (AvgIpc) is 2.26. The summed E-state index contributed by atoms with van der Waals surface area (Å²) in [5.74, 6) is -0.359. The third-order valence-electron chi connectivity index (χ3n) is 1.76. The number of nitrogens with one attached hydrogen (secondary N) is 1. The van der Waals surface area contributed by atoms with Crippen molar-refractivity contribution < 1.29 is 14.5 Å². The largest absolute Gasteiger partial charge is 0.477 e. The average molecular weight is 245 g/mol. The van der Waals surface area contributed by atoms with Gasteiger partial charge >= 0.3 is 5.69 Å². The van der Waals surface area contributed by atoms with E-state index in [9.17, 15) is 14.9 Å². The van der Waals surface area contributed by atoms with E-state index in [0.29, 0.717) is 0 Å². The van der Waals surface area contributed by atoms with Crippen molar-refractivity contribution in [2.75, 3.05) is 13.7 Å². The third-order valence-corrected chi connectivity index (χ3v) is 1.99. The summed E-state index contributed by atoms with van der Waals surface area (Å²) in [6, 6.07) is 3.97. The highest BCUT2D eigenvalue weighted by Gasteiger charge is 2.16. The minimum Gasteiger partial charge on any atom is -0.477 e. The van der Waals surface area contributed by atoms with Crippen LogP contribution in [0.1, 0.15) is 0 Å². The second-order valence-electron chi connectivity index (χ2n) is 2.83. The molecule has 0 saturated heterocycles. The smallest absolute Gasteiger partial charge is 0.312 e. The fourth-order valence-corrected chi connectivity index (χ4v) is 1.14. The van der Waals surface area contributed by atoms with Crippen LogP contribution in [0.3, 0.4) is 0 Å². The third kappa shape index (κ3) is 3.09. The van der Waals surface area contributed by atoms with Gasteiger partial charge in [-0.3, -0.25) is 14.9 Å². The van der Waals surface area contributed by atoms with Gasteiger partial charge in [0.05, 0.1) is 4.92 Å². The lowest BCUT2D eigenvalue weighted by molar-refractivity contribution is -0.385. The summed E-state index contributed by atoms with van der Waals surface area (Å²) in [5, 5.41) is 13.2. The molecular formula is C9H9ClN2O4. The Hall–Kier alpha value is -1.82. The Morgan fingerprint density at radius 1 is 1.62 bits per heavy atom. The van der Waals surface area contributed by atoms with E-state index in [2.05, 4.69) is 5.32 Å². The first-order valence-corrected chi connectivity index (χ1v) is 4.69. The molecule has 1 N–H and O–H groups in total. The first kappa shape index (κ1) is 12.3. The van der Waals surface area contributed by atoms with Crippen molar-refractivity contribution in [2.45, 2.75) is 0 Å². The van der Waals surface area contributed by atoms with E-state index in [0.717, 1.165) is 0 Å². The molecule has 0 aromatic heterocycles. The van der Waals surface area contributed by atoms with Crippen molar-refractivity contribution in [1.82, 2.24) is 5.32 Å². The molecule has 0 bridgehead atoms. The fraction of sp³-hybridized carbons (Fsp3) is 0.222. The van der Waals surface area contributed by atoms with Gasteiger partial charge in [0.1, 0.15) is 0 Å². The van der Waals surface area contributed by atoms with Gasteiger partial charge in [0.25, 0.3) is 5.91 Å². The van der Waals surface area contributed by atoms with E-state index in [4.69, 9.17) is 16.3 Å². The van der Waals surface area contributed by atoms with Crippen LogP contribution >= 0.6 is 11.6 Å². The molecule has 1 rings (SSSR count). The van der Waals surface area contributed by atoms with Gasteiger partial charge in [-0.1, -0.05) is 11.6 Å². The van der Waals surface area contributed by atoms with Crippen LogP contribution in [0.2, 0.25) is 5.02 Å². The van der Waals surface area contributed by atoms with E-state index in [-0.39, 0.29) is 29.0 Å². The summed E-state index contributed by atoms with van der Waals surface area (Å²) in [4.78, 5) is 20.9. The molecule has 1 aromatic carbocycles. The van der Waals surface area contributed by atoms with Crippen molar-refractivity contribution in [1.29, 1.82) is 0 Å². The van der Waals surface area contributed by atoms with Crippen LogP contribution in [0.4, 0.5) is 5.69 Å². The number of hydrogen-bond acceptors (Lipinski definition) is 4. The maximum atomic E-state index is 10.9. The lowest BCUT2D eigenvalue weighted by atomic mass is 10.3. The first-order chi connectivity index (χ1) is 7.54. The Labute approximate surface area is 96.3 Å². The molecule has 0 radical (unpaired) electrons. The molecule has 0 aliphatic heterocycles. The van der Waals surface area contributed by atoms with Crippen LogP contribution in [0.5, 0.6) is 5.75 Å². The molecule has 16 heavy (non-hydrogen) atoms. The van der Waals surface area contributed by atoms with Crippen molar-refractivity contribution in [3.05, 3.63) is 33.3 Å². The van der Waals surface area contributed by atoms with Crippen molar-refractivity contribution >= 4 is 23.2 Å². The maximum absolute atomic E-state index is 10.9. The normalized spacial score (nSPS) is 9.62. The molecule has 0 fully saturated rings. The van der Waals surface area contributed by atoms with Crippen LogP contribution < -0.4 is 10.1 Å². The van der Waals surface area contributed by atoms with Gasteiger partial charge in [-0.2, -0.15) is 0 Å². The number of rotatable bonds is 4. The van der Waals surface area contributed by atoms with Crippen molar-refractivity contribution in [2.24, 2.45) is 0 Å². The van der Waals surface area contributed by atoms with E-state index < -0.39 is 4.92 Å². The number of nitrogens with zero attached hydrogens (tertiary/aromatic N) is 1. The molecule has 0 saturated carbocycles. The number of carbonyl (C=O) groups excluding carboxylic acids is 1. The molecule has 7 heteroatoms. The zero-order valence-electron chi connectivity index (χ0n) is 8.40. The van der Waals surface area contributed by atoms with Gasteiger partial charge in [0.2, 0.25) is 0 Å². The fourth-order valence-electron chi connectivity index (χ4n) is 0.971. The Balaban J connectivity index is 2.87. The Kier molecular flexibility index (Phi) is 4.07. The number of carbonyl (C=O) groups is 1. The Morgan fingerprint density at radius 2 is 2.31 bits per heavy atom. The van der Waals surface area contributed by atoms with E-state index in [1.165, 1.54) is 25.2 Å². The minimum absolute atomic E-state index is 0.0120. The number of nitro groups is 1. The number of hydrogen-bond donors (Lipinski definition) is 1. The molecule has 1 amide bonds. The highest BCUT2D eigenvalue weighted by atomic mass is 35.5. The van der Waals surface area contributed by atoms with E-state index >= 15 is 0 Å². The summed E-state index contributed by atoms with van der Waals surface area (Å²) in [5.41, 5.74) is -0.267. The molecule has 0 aliphatic rings. The number of benzene rings is 1. The molecular weight excluding hydrogens is 236 g/mol. The van der Waals surface area contributed by atoms with E-state index in [1.807, 2.05) is 0 Å². The summed E-state index contributed by atoms with van der Waals surface area (Å²) in [6.45, 7) is -0.279. The summed E-state index contributed by atoms with van der Waals surface area (Å²) in [7, 11) is 1.45. The molecule has 86 valence electrons. The standard InChI is InChI=1S/C9H9ClN2O4/c1-11-9(13)5-16-8-3-2-6(10)4-7(8)12(14)15/h2-4H,5H2,1H3,(H,11,13). The van der Waals surface area contributed by atoms with Crippen LogP contribution in [-0.2, 0) is 4.79 Å². The van der Waals surface area contributed by atoms with Gasteiger partial charge in [0.15, 0.2) is 12.4 Å². The highest BCUT2D eigenvalue weighted by Crippen LogP contribution is 2.29. The molecule has 0 atom stereocenters. The van der Waals surface area contributed by atoms with Crippen LogP contribution in [-0.4, -0.2) is 24.5 Å². The topological polar surface area (TPSA) is 81.5 Å². The zero-order chi connectivity index (χ0) is 12.1. The predicted octanol–water partition coefficient (Wildman–Crippen LogP) is 1.37. The minimum atomic E-state index is -0.620. The number of ether oxygens (including phenoxy) is 1. The van der Waals surface area contributed by atoms with Crippen LogP contribution in [0.25, 0.3) is 0 Å². The van der Waals surface area contributed by atoms with Gasteiger partial charge in [-0.25, -0.2) is 0 Å². The van der Waals surface area contributed by atoms with Gasteiger partial charge in [-0.15, -0.1) is 0 Å². The number of likely N-dealkylation sites (N-methyl/N-ethyl adjacent to an activating group) is 1. The van der Waals surface area contributed by atoms with Crippen molar-refractivity contribution in [3.8, 4) is 5.75 Å². The van der Waals surface area contributed by atoms with Crippen LogP contribution in [0.15, 0.2) is 18.2 Å². The quantitative estimate of drug-likeness (QED) is 0.641. The van der Waals surface area contributed by atoms with Gasteiger partial charge < -0.3 is 10.1 Å². The second-order valence-corrected chi connectivity index (χ2v) is 3.27. The SMILES string of the molecule is CNC(=O)COc1ccc(Cl)cc1[N+](=O)[O-]. The highest BCUT2D eigenvalue weighted by molar-refractivity contribution is 6.30. The summed E-state index contributed by atoms with van der Waals surface area (Å²) >= 11 is 5.61. The molecule has 6 nitrogen and oxygen atoms in total. The maximum Gasteiger partial charge on any atom is 0.312 e. The molecule has 0 aliphatic carbocycles. The van der Waals surface area contributed by atoms with Gasteiger partial charge in [0, 0.05) is 18.1 Å².